The molecule has 13 nitrogen and oxygen atoms in total. The standard InChI is InChI=1S/C32H52N8O5/c1-20-29(45-19-35-20)18-44-25-6-5-22-14-26(33-16-23(22)13-25)28(42)17-34-31(43)27-15-30(38-32(37-27)40-9-3-4-10-40)36-24-7-11-39(12-8-24)21(2)41/h5-6,13,20,24,26-30,32-33,35-38,42H,3-4,7-12,14-19H2,1-2H3,(H,34,43)/t20?,26-,27?,28+,29?,30?,32?/m0/s1. The number of ether oxygens (including phenoxy) is 2. The molecule has 5 heterocycles. The molecule has 6 rings (SSSR count). The summed E-state index contributed by atoms with van der Waals surface area (Å²) in [4.78, 5) is 29.5. The van der Waals surface area contributed by atoms with Gasteiger partial charge in [-0.1, -0.05) is 6.07 Å². The predicted octanol–water partition coefficient (Wildman–Crippen LogP) is -0.851. The number of nitrogens with zero attached hydrogens (tertiary/aromatic N) is 2. The van der Waals surface area contributed by atoms with Crippen LogP contribution in [0.1, 0.15) is 57.1 Å². The van der Waals surface area contributed by atoms with Crippen LogP contribution in [0, 0.1) is 0 Å². The third-order valence-corrected chi connectivity index (χ3v) is 10.2. The first-order valence-electron chi connectivity index (χ1n) is 16.9. The Morgan fingerprint density at radius 3 is 2.64 bits per heavy atom. The second-order valence-corrected chi connectivity index (χ2v) is 13.4. The minimum atomic E-state index is -0.719. The van der Waals surface area contributed by atoms with E-state index < -0.39 is 6.10 Å². The second-order valence-electron chi connectivity index (χ2n) is 13.4. The van der Waals surface area contributed by atoms with Gasteiger partial charge in [-0.3, -0.25) is 35.8 Å². The van der Waals surface area contributed by atoms with Crippen LogP contribution in [0.25, 0.3) is 0 Å². The van der Waals surface area contributed by atoms with Gasteiger partial charge in [-0.2, -0.15) is 0 Å². The molecule has 250 valence electrons. The largest absolute Gasteiger partial charge is 0.491 e. The van der Waals surface area contributed by atoms with E-state index in [1.165, 1.54) is 5.56 Å². The van der Waals surface area contributed by atoms with Crippen molar-refractivity contribution in [3.8, 4) is 5.75 Å². The molecule has 1 aromatic carbocycles. The number of benzene rings is 1. The summed E-state index contributed by atoms with van der Waals surface area (Å²) in [5.41, 5.74) is 2.34. The fraction of sp³-hybridized carbons (Fsp3) is 0.750. The minimum Gasteiger partial charge on any atom is -0.491 e. The van der Waals surface area contributed by atoms with Gasteiger partial charge < -0.3 is 30.1 Å². The summed E-state index contributed by atoms with van der Waals surface area (Å²) in [5.74, 6) is 0.860. The van der Waals surface area contributed by atoms with Gasteiger partial charge in [0.05, 0.1) is 25.0 Å². The Morgan fingerprint density at radius 1 is 1.11 bits per heavy atom. The van der Waals surface area contributed by atoms with Crippen molar-refractivity contribution in [3.63, 3.8) is 0 Å². The Balaban J connectivity index is 0.986. The zero-order valence-corrected chi connectivity index (χ0v) is 26.7. The summed E-state index contributed by atoms with van der Waals surface area (Å²) in [6, 6.07) is 6.16. The highest BCUT2D eigenvalue weighted by atomic mass is 16.5. The van der Waals surface area contributed by atoms with Crippen LogP contribution in [0.15, 0.2) is 18.2 Å². The summed E-state index contributed by atoms with van der Waals surface area (Å²) in [6.07, 6.45) is 4.60. The van der Waals surface area contributed by atoms with E-state index in [2.05, 4.69) is 55.9 Å². The number of aliphatic hydroxyl groups excluding tert-OH is 1. The van der Waals surface area contributed by atoms with Crippen LogP contribution in [0.3, 0.4) is 0 Å². The molecule has 45 heavy (non-hydrogen) atoms. The van der Waals surface area contributed by atoms with E-state index in [0.717, 1.165) is 63.2 Å². The van der Waals surface area contributed by atoms with E-state index in [-0.39, 0.29) is 55.0 Å². The maximum absolute atomic E-state index is 13.5. The highest BCUT2D eigenvalue weighted by Crippen LogP contribution is 2.24. The first-order valence-corrected chi connectivity index (χ1v) is 16.9. The van der Waals surface area contributed by atoms with Crippen LogP contribution in [-0.2, 0) is 27.3 Å². The summed E-state index contributed by atoms with van der Waals surface area (Å²) in [7, 11) is 0. The van der Waals surface area contributed by atoms with Crippen LogP contribution in [-0.4, -0.2) is 122 Å². The van der Waals surface area contributed by atoms with E-state index in [1.54, 1.807) is 6.92 Å². The fourth-order valence-electron chi connectivity index (χ4n) is 7.24. The van der Waals surface area contributed by atoms with Crippen LogP contribution in [0.2, 0.25) is 0 Å². The fourth-order valence-corrected chi connectivity index (χ4v) is 7.24. The van der Waals surface area contributed by atoms with Crippen LogP contribution in [0.5, 0.6) is 5.75 Å². The molecule has 5 aliphatic heterocycles. The molecule has 0 radical (unpaired) electrons. The lowest BCUT2D eigenvalue weighted by molar-refractivity contribution is -0.130. The second kappa shape index (κ2) is 15.0. The van der Waals surface area contributed by atoms with Crippen LogP contribution >= 0.6 is 0 Å². The number of rotatable bonds is 10. The van der Waals surface area contributed by atoms with E-state index in [4.69, 9.17) is 9.47 Å². The molecule has 4 saturated heterocycles. The van der Waals surface area contributed by atoms with Gasteiger partial charge in [0.25, 0.3) is 0 Å². The minimum absolute atomic E-state index is 0.0254. The van der Waals surface area contributed by atoms with Crippen LogP contribution in [0.4, 0.5) is 0 Å². The average Bonchev–Trinajstić information content (AvgIpc) is 3.74. The number of piperidine rings is 1. The molecule has 4 fully saturated rings. The van der Waals surface area contributed by atoms with Gasteiger partial charge in [-0.05, 0) is 62.3 Å². The van der Waals surface area contributed by atoms with Crippen LogP contribution < -0.4 is 36.6 Å². The van der Waals surface area contributed by atoms with Gasteiger partial charge in [0.2, 0.25) is 11.8 Å². The van der Waals surface area contributed by atoms with Crippen molar-refractivity contribution in [2.24, 2.45) is 0 Å². The van der Waals surface area contributed by atoms with Gasteiger partial charge in [-0.15, -0.1) is 0 Å². The molecule has 0 bridgehead atoms. The van der Waals surface area contributed by atoms with Crippen molar-refractivity contribution in [1.82, 2.24) is 41.7 Å². The van der Waals surface area contributed by atoms with Crippen molar-refractivity contribution >= 4 is 11.8 Å². The van der Waals surface area contributed by atoms with Gasteiger partial charge in [0.15, 0.2) is 0 Å². The summed E-state index contributed by atoms with van der Waals surface area (Å²) in [6.45, 7) is 9.11. The number of amides is 2. The number of fused-ring (bicyclic) bond motifs is 1. The maximum Gasteiger partial charge on any atom is 0.237 e. The van der Waals surface area contributed by atoms with Gasteiger partial charge in [0, 0.05) is 70.7 Å². The number of aliphatic hydroxyl groups is 1. The lowest BCUT2D eigenvalue weighted by atomic mass is 9.92. The third kappa shape index (κ3) is 8.33. The molecule has 5 aliphatic rings. The predicted molar refractivity (Wildman–Crippen MR) is 169 cm³/mol. The monoisotopic (exact) mass is 628 g/mol. The SMILES string of the molecule is CC(=O)N1CCC(NC2CC(C(=O)NC[C@@H](O)[C@@H]3Cc4ccc(OCC5OCNC5C)cc4CN3)NC(N3CCCC3)N2)CC1. The molecule has 7 atom stereocenters. The van der Waals surface area contributed by atoms with Gasteiger partial charge >= 0.3 is 0 Å². The Kier molecular flexibility index (Phi) is 10.9. The lowest BCUT2D eigenvalue weighted by Gasteiger charge is -2.43. The van der Waals surface area contributed by atoms with Crippen molar-refractivity contribution in [1.29, 1.82) is 0 Å². The van der Waals surface area contributed by atoms with Crippen molar-refractivity contribution in [2.45, 2.75) is 108 Å². The maximum atomic E-state index is 13.5. The molecule has 0 spiro atoms. The number of nitrogens with one attached hydrogen (secondary N) is 6. The quantitative estimate of drug-likeness (QED) is 0.174. The topological polar surface area (TPSA) is 151 Å². The first kappa shape index (κ1) is 32.6. The smallest absolute Gasteiger partial charge is 0.237 e. The first-order chi connectivity index (χ1) is 21.8. The molecular weight excluding hydrogens is 576 g/mol. The molecule has 5 unspecified atom stereocenters. The normalized spacial score (nSPS) is 31.8. The zero-order chi connectivity index (χ0) is 31.3. The number of hydrogen-bond acceptors (Lipinski definition) is 11. The summed E-state index contributed by atoms with van der Waals surface area (Å²) in [5, 5.41) is 31.8. The Labute approximate surface area is 266 Å². The zero-order valence-electron chi connectivity index (χ0n) is 26.7. The number of carbonyl (C=O) groups is 2. The number of likely N-dealkylation sites (tertiary alicyclic amines) is 2. The molecule has 7 N–H and O–H groups in total. The van der Waals surface area contributed by atoms with E-state index in [0.29, 0.717) is 38.8 Å². The molecule has 0 aliphatic carbocycles. The molecule has 1 aromatic rings. The van der Waals surface area contributed by atoms with Gasteiger partial charge in [-0.25, -0.2) is 0 Å². The third-order valence-electron chi connectivity index (χ3n) is 10.2. The van der Waals surface area contributed by atoms with E-state index >= 15 is 0 Å². The number of hydrogen-bond donors (Lipinski definition) is 7. The Bertz CT molecular complexity index is 1160. The van der Waals surface area contributed by atoms with Crippen molar-refractivity contribution in [2.75, 3.05) is 46.1 Å². The average molecular weight is 629 g/mol. The number of carbonyl (C=O) groups excluding carboxylic acids is 2. The van der Waals surface area contributed by atoms with E-state index in [1.807, 2.05) is 11.0 Å². The molecule has 0 saturated carbocycles. The highest BCUT2D eigenvalue weighted by molar-refractivity contribution is 5.82. The summed E-state index contributed by atoms with van der Waals surface area (Å²) < 4.78 is 11.7. The Morgan fingerprint density at radius 2 is 1.91 bits per heavy atom. The van der Waals surface area contributed by atoms with Gasteiger partial charge in [0.1, 0.15) is 24.8 Å². The molecule has 2 amide bonds. The van der Waals surface area contributed by atoms with Crippen molar-refractivity contribution < 1.29 is 24.2 Å². The van der Waals surface area contributed by atoms with E-state index in [9.17, 15) is 14.7 Å². The van der Waals surface area contributed by atoms with Crippen molar-refractivity contribution in [3.05, 3.63) is 29.3 Å². The molecular formula is C32H52N8O5. The molecule has 0 aromatic heterocycles. The highest BCUT2D eigenvalue weighted by Gasteiger charge is 2.37. The Hall–Kier alpha value is -2.36. The summed E-state index contributed by atoms with van der Waals surface area (Å²) >= 11 is 0. The molecule has 13 heteroatoms. The lowest BCUT2D eigenvalue weighted by Crippen LogP contribution is -2.70.